The Morgan fingerprint density at radius 3 is 2.94 bits per heavy atom. The van der Waals surface area contributed by atoms with Gasteiger partial charge < -0.3 is 10.5 Å². The fourth-order valence-electron chi connectivity index (χ4n) is 1.62. The van der Waals surface area contributed by atoms with Crippen molar-refractivity contribution in [1.29, 1.82) is 0 Å². The first kappa shape index (κ1) is 11.4. The number of amides is 1. The summed E-state index contributed by atoms with van der Waals surface area (Å²) in [6, 6.07) is 9.58. The molecule has 1 heterocycles. The maximum atomic E-state index is 11.1. The maximum Gasteiger partial charge on any atom is 0.258 e. The normalized spacial score (nSPS) is 12.3. The fourth-order valence-corrected chi connectivity index (χ4v) is 1.62. The first-order chi connectivity index (χ1) is 8.20. The van der Waals surface area contributed by atoms with Crippen molar-refractivity contribution in [1.82, 2.24) is 4.98 Å². The van der Waals surface area contributed by atoms with Gasteiger partial charge in [-0.2, -0.15) is 0 Å². The summed E-state index contributed by atoms with van der Waals surface area (Å²) in [5, 5.41) is 0.976. The quantitative estimate of drug-likeness (QED) is 0.872. The number of carbonyl (C=O) groups excluding carboxylic acids is 1. The number of carbonyl (C=O) groups is 1. The summed E-state index contributed by atoms with van der Waals surface area (Å²) in [4.78, 5) is 15.3. The van der Waals surface area contributed by atoms with Gasteiger partial charge in [-0.25, -0.2) is 0 Å². The first-order valence-electron chi connectivity index (χ1n) is 5.51. The van der Waals surface area contributed by atoms with Crippen LogP contribution in [0.1, 0.15) is 13.3 Å². The highest BCUT2D eigenvalue weighted by Gasteiger charge is 2.14. The molecule has 0 saturated carbocycles. The first-order valence-corrected chi connectivity index (χ1v) is 5.51. The van der Waals surface area contributed by atoms with Crippen LogP contribution in [0.2, 0.25) is 0 Å². The highest BCUT2D eigenvalue weighted by Crippen LogP contribution is 2.19. The molecule has 4 nitrogen and oxygen atoms in total. The van der Waals surface area contributed by atoms with Crippen LogP contribution in [0.3, 0.4) is 0 Å². The molecule has 88 valence electrons. The smallest absolute Gasteiger partial charge is 0.258 e. The van der Waals surface area contributed by atoms with E-state index in [9.17, 15) is 4.79 Å². The van der Waals surface area contributed by atoms with Crippen molar-refractivity contribution >= 4 is 16.8 Å². The van der Waals surface area contributed by atoms with Gasteiger partial charge in [0.2, 0.25) is 0 Å². The van der Waals surface area contributed by atoms with Crippen molar-refractivity contribution in [2.75, 3.05) is 0 Å². The molecule has 1 aromatic heterocycles. The van der Waals surface area contributed by atoms with Gasteiger partial charge in [0.25, 0.3) is 5.91 Å². The molecule has 1 amide bonds. The fraction of sp³-hybridized carbons (Fsp3) is 0.231. The molecule has 2 aromatic rings. The summed E-state index contributed by atoms with van der Waals surface area (Å²) in [6.07, 6.45) is 1.55. The van der Waals surface area contributed by atoms with Crippen LogP contribution in [-0.4, -0.2) is 17.0 Å². The Morgan fingerprint density at radius 2 is 2.24 bits per heavy atom. The van der Waals surface area contributed by atoms with Gasteiger partial charge in [0.05, 0.1) is 11.7 Å². The monoisotopic (exact) mass is 230 g/mol. The van der Waals surface area contributed by atoms with Crippen molar-refractivity contribution in [2.45, 2.75) is 19.4 Å². The largest absolute Gasteiger partial charge is 0.479 e. The van der Waals surface area contributed by atoms with Gasteiger partial charge >= 0.3 is 0 Å². The Morgan fingerprint density at radius 1 is 1.47 bits per heavy atom. The summed E-state index contributed by atoms with van der Waals surface area (Å²) in [6.45, 7) is 1.85. The van der Waals surface area contributed by atoms with Gasteiger partial charge in [0.15, 0.2) is 6.10 Å². The van der Waals surface area contributed by atoms with Gasteiger partial charge in [-0.15, -0.1) is 0 Å². The molecule has 0 aliphatic carbocycles. The topological polar surface area (TPSA) is 65.2 Å². The maximum absolute atomic E-state index is 11.1. The third-order valence-electron chi connectivity index (χ3n) is 2.53. The molecule has 1 aromatic carbocycles. The van der Waals surface area contributed by atoms with Gasteiger partial charge in [-0.3, -0.25) is 9.78 Å². The van der Waals surface area contributed by atoms with Crippen molar-refractivity contribution in [3.63, 3.8) is 0 Å². The zero-order valence-electron chi connectivity index (χ0n) is 9.59. The average Bonchev–Trinajstić information content (AvgIpc) is 2.35. The van der Waals surface area contributed by atoms with Crippen LogP contribution in [0.15, 0.2) is 36.5 Å². The summed E-state index contributed by atoms with van der Waals surface area (Å²) < 4.78 is 5.50. The van der Waals surface area contributed by atoms with Gasteiger partial charge in [0, 0.05) is 5.39 Å². The predicted molar refractivity (Wildman–Crippen MR) is 65.6 cm³/mol. The van der Waals surface area contributed by atoms with Crippen molar-refractivity contribution < 1.29 is 9.53 Å². The van der Waals surface area contributed by atoms with Gasteiger partial charge in [0.1, 0.15) is 5.75 Å². The molecule has 1 unspecified atom stereocenters. The number of rotatable bonds is 4. The van der Waals surface area contributed by atoms with Crippen molar-refractivity contribution in [2.24, 2.45) is 5.73 Å². The van der Waals surface area contributed by atoms with E-state index >= 15 is 0 Å². The minimum absolute atomic E-state index is 0.458. The predicted octanol–water partition coefficient (Wildman–Crippen LogP) is 1.88. The highest BCUT2D eigenvalue weighted by molar-refractivity contribution is 5.81. The molecule has 0 saturated heterocycles. The molecule has 0 bridgehead atoms. The molecule has 1 atom stereocenters. The molecule has 17 heavy (non-hydrogen) atoms. The summed E-state index contributed by atoms with van der Waals surface area (Å²) >= 11 is 0. The molecule has 0 radical (unpaired) electrons. The molecule has 0 aliphatic heterocycles. The van der Waals surface area contributed by atoms with E-state index in [1.54, 1.807) is 6.20 Å². The zero-order valence-corrected chi connectivity index (χ0v) is 9.59. The van der Waals surface area contributed by atoms with Crippen LogP contribution in [0, 0.1) is 0 Å². The third kappa shape index (κ3) is 2.53. The second-order valence-corrected chi connectivity index (χ2v) is 3.78. The molecule has 0 fully saturated rings. The van der Waals surface area contributed by atoms with E-state index in [0.29, 0.717) is 12.2 Å². The minimum atomic E-state index is -0.599. The number of hydrogen-bond donors (Lipinski definition) is 1. The number of para-hydroxylation sites is 1. The molecular formula is C13H14N2O2. The lowest BCUT2D eigenvalue weighted by Crippen LogP contribution is -2.32. The lowest BCUT2D eigenvalue weighted by atomic mass is 10.2. The van der Waals surface area contributed by atoms with Crippen LogP contribution in [-0.2, 0) is 4.79 Å². The van der Waals surface area contributed by atoms with Crippen molar-refractivity contribution in [3.05, 3.63) is 36.5 Å². The van der Waals surface area contributed by atoms with Crippen LogP contribution in [0.5, 0.6) is 5.75 Å². The number of aromatic nitrogens is 1. The van der Waals surface area contributed by atoms with Crippen LogP contribution in [0.4, 0.5) is 0 Å². The molecular weight excluding hydrogens is 216 g/mol. The molecule has 2 N–H and O–H groups in total. The summed E-state index contributed by atoms with van der Waals surface area (Å²) in [5.41, 5.74) is 6.12. The van der Waals surface area contributed by atoms with E-state index in [1.807, 2.05) is 37.3 Å². The third-order valence-corrected chi connectivity index (χ3v) is 2.53. The number of nitrogens with two attached hydrogens (primary N) is 1. The Balaban J connectivity index is 2.27. The van der Waals surface area contributed by atoms with Crippen LogP contribution >= 0.6 is 0 Å². The van der Waals surface area contributed by atoms with Crippen molar-refractivity contribution in [3.8, 4) is 5.75 Å². The molecule has 0 spiro atoms. The number of benzene rings is 1. The van der Waals surface area contributed by atoms with E-state index in [0.717, 1.165) is 10.9 Å². The Kier molecular flexibility index (Phi) is 3.23. The molecule has 0 aliphatic rings. The van der Waals surface area contributed by atoms with Gasteiger partial charge in [-0.05, 0) is 18.6 Å². The van der Waals surface area contributed by atoms with E-state index in [-0.39, 0.29) is 0 Å². The van der Waals surface area contributed by atoms with E-state index in [2.05, 4.69) is 4.98 Å². The molecule has 2 rings (SSSR count). The van der Waals surface area contributed by atoms with Crippen LogP contribution in [0.25, 0.3) is 10.9 Å². The average molecular weight is 230 g/mol. The highest BCUT2D eigenvalue weighted by atomic mass is 16.5. The number of pyridine rings is 1. The SMILES string of the molecule is CCC(Oc1cnc2ccccc2c1)C(N)=O. The number of primary amides is 1. The van der Waals surface area contributed by atoms with Crippen LogP contribution < -0.4 is 10.5 Å². The second-order valence-electron chi connectivity index (χ2n) is 3.78. The number of fused-ring (bicyclic) bond motifs is 1. The number of nitrogens with zero attached hydrogens (tertiary/aromatic N) is 1. The summed E-state index contributed by atoms with van der Waals surface area (Å²) in [7, 11) is 0. The standard InChI is InChI=1S/C13H14N2O2/c1-2-12(13(14)16)17-10-7-9-5-3-4-6-11(9)15-8-10/h3-8,12H,2H2,1H3,(H2,14,16). The molecule has 4 heteroatoms. The van der Waals surface area contributed by atoms with E-state index < -0.39 is 12.0 Å². The zero-order chi connectivity index (χ0) is 12.3. The van der Waals surface area contributed by atoms with E-state index in [4.69, 9.17) is 10.5 Å². The Hall–Kier alpha value is -2.10. The Labute approximate surface area is 99.4 Å². The Bertz CT molecular complexity index is 540. The number of hydrogen-bond acceptors (Lipinski definition) is 3. The lowest BCUT2D eigenvalue weighted by molar-refractivity contribution is -0.124. The number of ether oxygens (including phenoxy) is 1. The lowest BCUT2D eigenvalue weighted by Gasteiger charge is -2.13. The van der Waals surface area contributed by atoms with Gasteiger partial charge in [-0.1, -0.05) is 25.1 Å². The second kappa shape index (κ2) is 4.82. The summed E-state index contributed by atoms with van der Waals surface area (Å²) in [5.74, 6) is 0.106. The van der Waals surface area contributed by atoms with E-state index in [1.165, 1.54) is 0 Å². The minimum Gasteiger partial charge on any atom is -0.479 e.